The van der Waals surface area contributed by atoms with Crippen LogP contribution < -0.4 is 34.7 Å². The molecule has 2 aromatic heterocycles. The van der Waals surface area contributed by atoms with Crippen LogP contribution in [0.4, 0.5) is 0 Å². The number of rotatable bonds is 12. The monoisotopic (exact) mass is 1770 g/mol. The summed E-state index contributed by atoms with van der Waals surface area (Å²) in [6.07, 6.45) is 8.53. The van der Waals surface area contributed by atoms with Gasteiger partial charge in [-0.15, -0.1) is 11.3 Å². The van der Waals surface area contributed by atoms with Crippen molar-refractivity contribution in [2.75, 3.05) is 41.9 Å². The Kier molecular flexibility index (Phi) is 32.7. The van der Waals surface area contributed by atoms with Crippen molar-refractivity contribution in [2.24, 2.45) is 11.8 Å². The zero-order chi connectivity index (χ0) is 71.7. The molecular formula is C84H94Cl2IN3O5P2PdS2Sn. The number of hydrogen-bond donors (Lipinski definition) is 0. The van der Waals surface area contributed by atoms with Crippen LogP contribution in [0.5, 0.6) is 0 Å². The Labute approximate surface area is 645 Å². The average molecular weight is 1770 g/mol. The van der Waals surface area contributed by atoms with Crippen LogP contribution in [-0.4, -0.2) is 117 Å². The normalized spacial score (nSPS) is 20.3. The molecule has 7 heterocycles. The van der Waals surface area contributed by atoms with Crippen molar-refractivity contribution in [3.63, 3.8) is 0 Å². The van der Waals surface area contributed by atoms with Gasteiger partial charge in [0, 0.05) is 64.5 Å². The molecule has 101 heavy (non-hydrogen) atoms. The SMILES string of the molecule is CN1CCCC1=O.COC(=O)C1C(c2ccc(-c3cccs3)cc2)CC2CCC1N2C.COC(=O)C1C(c2ccc(I)cc2)CC2CCC1N2C.[CH3][Sn]([CH3])([CH3])[c]1cccs1.[Cl][Pd][Cl].c1ccc(P(c2ccccc2)c2ccccc2)cc1.c1ccc(P(c2ccccc2)c2ccccc2)cc1. The maximum atomic E-state index is 12.5. The Balaban J connectivity index is 0.000000145. The molecule has 0 N–H and O–H groups in total. The van der Waals surface area contributed by atoms with Gasteiger partial charge >= 0.3 is 112 Å². The maximum Gasteiger partial charge on any atom is -0.0134 e. The summed E-state index contributed by atoms with van der Waals surface area (Å²) in [6.45, 7) is 0.957. The number of carbonyl (C=O) groups excluding carboxylic acids is 3. The zero-order valence-corrected chi connectivity index (χ0v) is 70.4. The van der Waals surface area contributed by atoms with Gasteiger partial charge in [-0.1, -0.05) is 224 Å². The average Bonchev–Trinajstić information content (AvgIpc) is 1.65. The molecule has 8 nitrogen and oxygen atoms in total. The molecule has 5 fully saturated rings. The number of methoxy groups -OCH3 is 2. The van der Waals surface area contributed by atoms with Gasteiger partial charge in [-0.05, 0) is 170 Å². The first-order valence-electron chi connectivity index (χ1n) is 34.5. The minimum atomic E-state index is -1.63. The molecule has 4 bridgehead atoms. The number of hydrogen-bond acceptors (Lipinski definition) is 9. The molecule has 5 saturated heterocycles. The smallest absolute Gasteiger partial charge is 0.0134 e. The summed E-state index contributed by atoms with van der Waals surface area (Å²) in [6, 6.07) is 92.6. The van der Waals surface area contributed by atoms with Gasteiger partial charge in [0.25, 0.3) is 0 Å². The van der Waals surface area contributed by atoms with Crippen LogP contribution in [0.2, 0.25) is 14.8 Å². The van der Waals surface area contributed by atoms with Crippen molar-refractivity contribution < 1.29 is 39.8 Å². The van der Waals surface area contributed by atoms with E-state index >= 15 is 0 Å². The summed E-state index contributed by atoms with van der Waals surface area (Å²) >= 11 is 4.26. The van der Waals surface area contributed by atoms with Crippen LogP contribution in [0.3, 0.4) is 0 Å². The largest absolute Gasteiger partial charge is 0.0622 e. The third kappa shape index (κ3) is 22.6. The molecule has 5 aliphatic rings. The van der Waals surface area contributed by atoms with Crippen molar-refractivity contribution in [1.29, 1.82) is 0 Å². The molecule has 0 radical (unpaired) electrons. The standard InChI is InChI=1S/C20H23NO2S.2C18H15P.C16H20INO2.C5H9NO.C4H3S.3CH3.2ClH.Pd.Sn/c1-21-15-9-10-17(21)19(20(22)23-2)16(12-15)13-5-7-14(8-6-13)18-4-3-11-24-18;2*1-4-10-16(11-5-1)19(17-12-6-2-7-13-17)18-14-8-3-9-15-18;1-18-12-7-8-14(18)15(16(19)20-2)13(9-12)10-3-5-11(17)6-4-10;1-6-4-2-3-5(6)7;1-2-4-5-3-1;;;;;;;/h3-8,11,15-17,19H,9-10,12H2,1-2H3;2*1-15H;3-6,12-15H,7-9H2,1-2H3;2-4H2,1H3;1-3H;3*1H3;2*1H;;/q;;;;;;;;;;;+2;/p-2. The van der Waals surface area contributed by atoms with Crippen molar-refractivity contribution in [2.45, 2.75) is 102 Å². The second-order valence-electron chi connectivity index (χ2n) is 26.7. The summed E-state index contributed by atoms with van der Waals surface area (Å²) in [5.74, 6) is 0.678. The van der Waals surface area contributed by atoms with Gasteiger partial charge in [0.15, 0.2) is 0 Å². The summed E-state index contributed by atoms with van der Waals surface area (Å²) in [7, 11) is 17.9. The minimum absolute atomic E-state index is 0.0242. The summed E-state index contributed by atoms with van der Waals surface area (Å²) in [4.78, 5) is 50.5. The van der Waals surface area contributed by atoms with Gasteiger partial charge < -0.3 is 14.4 Å². The number of benzene rings is 8. The van der Waals surface area contributed by atoms with Crippen LogP contribution >= 0.6 is 80.2 Å². The number of amides is 1. The Hall–Kier alpha value is -4.88. The second kappa shape index (κ2) is 41.1. The number of thiophene rings is 2. The molecule has 8 unspecified atom stereocenters. The van der Waals surface area contributed by atoms with Gasteiger partial charge in [0.2, 0.25) is 5.91 Å². The van der Waals surface area contributed by atoms with Crippen molar-refractivity contribution >= 4 is 151 Å². The van der Waals surface area contributed by atoms with E-state index in [-0.39, 0.29) is 45.6 Å². The molecule has 1 amide bonds. The van der Waals surface area contributed by atoms with Crippen molar-refractivity contribution in [3.05, 3.63) is 280 Å². The van der Waals surface area contributed by atoms with Crippen LogP contribution in [0, 0.1) is 15.4 Å². The van der Waals surface area contributed by atoms with E-state index < -0.39 is 34.2 Å². The third-order valence-corrected chi connectivity index (χ3v) is 36.6. The molecule has 0 spiro atoms. The first kappa shape index (κ1) is 80.2. The van der Waals surface area contributed by atoms with E-state index in [4.69, 9.17) is 28.5 Å². The number of piperidine rings is 2. The fraction of sp³-hybridized carbons (Fsp3) is 0.298. The van der Waals surface area contributed by atoms with Crippen molar-refractivity contribution in [1.82, 2.24) is 14.7 Å². The molecule has 8 aromatic carbocycles. The summed E-state index contributed by atoms with van der Waals surface area (Å²) < 4.78 is 13.2. The van der Waals surface area contributed by atoms with Crippen LogP contribution in [0.15, 0.2) is 266 Å². The quantitative estimate of drug-likeness (QED) is 0.0522. The number of esters is 2. The molecule has 15 rings (SSSR count). The van der Waals surface area contributed by atoms with Crippen LogP contribution in [0.1, 0.15) is 74.3 Å². The Morgan fingerprint density at radius 2 is 0.832 bits per heavy atom. The van der Waals surface area contributed by atoms with E-state index in [1.165, 1.54) is 84.0 Å². The topological polar surface area (TPSA) is 79.4 Å². The predicted molar refractivity (Wildman–Crippen MR) is 440 cm³/mol. The fourth-order valence-electron chi connectivity index (χ4n) is 14.4. The second-order valence-corrected chi connectivity index (χ2v) is 52.1. The number of fused-ring (bicyclic) bond motifs is 4. The van der Waals surface area contributed by atoms with E-state index in [1.807, 2.05) is 18.4 Å². The zero-order valence-electron chi connectivity index (χ0n) is 58.9. The predicted octanol–water partition coefficient (Wildman–Crippen LogP) is 18.0. The van der Waals surface area contributed by atoms with Gasteiger partial charge in [-0.2, -0.15) is 0 Å². The fourth-order valence-corrected chi connectivity index (χ4v) is 26.3. The molecule has 5 aliphatic heterocycles. The van der Waals surface area contributed by atoms with Crippen LogP contribution in [0.25, 0.3) is 10.4 Å². The number of ether oxygens (including phenoxy) is 2. The number of likely N-dealkylation sites (tertiary alicyclic amines) is 1. The molecular weight excluding hydrogens is 1680 g/mol. The van der Waals surface area contributed by atoms with Gasteiger partial charge in [-0.25, -0.2) is 0 Å². The molecule has 532 valence electrons. The van der Waals surface area contributed by atoms with E-state index in [9.17, 15) is 14.4 Å². The van der Waals surface area contributed by atoms with E-state index in [0.29, 0.717) is 36.0 Å². The minimum Gasteiger partial charge on any atom is -0.0622 e. The number of carbonyl (C=O) groups is 3. The van der Waals surface area contributed by atoms with Gasteiger partial charge in [-0.3, -0.25) is 24.2 Å². The van der Waals surface area contributed by atoms with E-state index in [0.717, 1.165) is 45.1 Å². The maximum absolute atomic E-state index is 12.5. The van der Waals surface area contributed by atoms with Gasteiger partial charge in [0.05, 0.1) is 26.1 Å². The van der Waals surface area contributed by atoms with E-state index in [1.54, 1.807) is 19.1 Å². The van der Waals surface area contributed by atoms with Gasteiger partial charge in [0.1, 0.15) is 0 Å². The Morgan fingerprint density at radius 3 is 1.10 bits per heavy atom. The van der Waals surface area contributed by atoms with E-state index in [2.05, 4.69) is 327 Å². The van der Waals surface area contributed by atoms with Crippen LogP contribution in [-0.2, 0) is 39.8 Å². The Morgan fingerprint density at radius 1 is 0.485 bits per heavy atom. The molecule has 0 aliphatic carbocycles. The summed E-state index contributed by atoms with van der Waals surface area (Å²) in [5, 5.41) is 12.7. The molecule has 17 heteroatoms. The first-order valence-corrected chi connectivity index (χ1v) is 54.0. The first-order chi connectivity index (χ1) is 49.0. The third-order valence-electron chi connectivity index (χ3n) is 19.6. The number of halogens is 3. The number of nitrogens with zero attached hydrogens (tertiary/aromatic N) is 3. The molecule has 0 saturated carbocycles. The van der Waals surface area contributed by atoms with Crippen molar-refractivity contribution in [3.8, 4) is 10.4 Å². The Bertz CT molecular complexity index is 3730. The summed E-state index contributed by atoms with van der Waals surface area (Å²) in [5.41, 5.74) is 3.81. The molecule has 10 aromatic rings. The molecule has 8 atom stereocenters.